The van der Waals surface area contributed by atoms with E-state index in [1.165, 1.54) is 23.0 Å². The molecule has 0 aliphatic carbocycles. The third-order valence-corrected chi connectivity index (χ3v) is 8.95. The van der Waals surface area contributed by atoms with Crippen LogP contribution in [0.3, 0.4) is 0 Å². The van der Waals surface area contributed by atoms with Gasteiger partial charge in [-0.25, -0.2) is 9.78 Å². The van der Waals surface area contributed by atoms with Crippen molar-refractivity contribution in [3.8, 4) is 17.1 Å². The number of anilines is 2. The number of carbonyl (C=O) groups excluding carboxylic acids is 1. The Kier molecular flexibility index (Phi) is 8.81. The third-order valence-electron chi connectivity index (χ3n) is 8.24. The van der Waals surface area contributed by atoms with E-state index >= 15 is 0 Å². The molecule has 2 N–H and O–H groups in total. The molecule has 1 saturated heterocycles. The molecular weight excluding hydrogens is 570 g/mol. The average molecular weight is 612 g/mol. The van der Waals surface area contributed by atoms with Crippen molar-refractivity contribution in [1.82, 2.24) is 19.8 Å². The summed E-state index contributed by atoms with van der Waals surface area (Å²) >= 11 is 1.49. The van der Waals surface area contributed by atoms with Crippen LogP contribution < -0.4 is 15.0 Å². The van der Waals surface area contributed by atoms with Gasteiger partial charge in [-0.15, -0.1) is 0 Å². The van der Waals surface area contributed by atoms with Crippen LogP contribution >= 0.6 is 11.8 Å². The smallest absolute Gasteiger partial charge is 0.327 e. The number of nitrogens with one attached hydrogen (secondary N) is 2. The van der Waals surface area contributed by atoms with Crippen LogP contribution in [0.15, 0.2) is 71.7 Å². The van der Waals surface area contributed by atoms with Crippen LogP contribution in [0.1, 0.15) is 26.3 Å². The van der Waals surface area contributed by atoms with E-state index < -0.39 is 0 Å². The van der Waals surface area contributed by atoms with Crippen molar-refractivity contribution in [2.24, 2.45) is 4.99 Å². The molecule has 44 heavy (non-hydrogen) atoms. The highest BCUT2D eigenvalue weighted by Gasteiger charge is 2.23. The van der Waals surface area contributed by atoms with Crippen molar-refractivity contribution in [2.75, 3.05) is 68.9 Å². The van der Waals surface area contributed by atoms with Crippen LogP contribution in [0.25, 0.3) is 22.4 Å². The molecule has 2 aliphatic heterocycles. The number of amidine groups is 1. The fourth-order valence-electron chi connectivity index (χ4n) is 5.66. The second-order valence-corrected chi connectivity index (χ2v) is 13.0. The normalized spacial score (nSPS) is 16.0. The van der Waals surface area contributed by atoms with Crippen molar-refractivity contribution >= 4 is 45.4 Å². The maximum Gasteiger partial charge on any atom is 0.327 e. The second kappa shape index (κ2) is 12.9. The summed E-state index contributed by atoms with van der Waals surface area (Å²) in [5.41, 5.74) is 6.56. The van der Waals surface area contributed by atoms with Gasteiger partial charge in [0, 0.05) is 50.5 Å². The van der Waals surface area contributed by atoms with Gasteiger partial charge in [0.05, 0.1) is 17.7 Å². The van der Waals surface area contributed by atoms with Crippen LogP contribution in [-0.2, 0) is 5.41 Å². The van der Waals surface area contributed by atoms with E-state index in [0.29, 0.717) is 19.7 Å². The molecule has 2 aliphatic rings. The SMILES string of the molecule is CSC1=NCCN1C(=O)Nc1ccc(OCCN2CCN(c3cccc4[nH]c(-c5ccc(C(C)(C)C)cc5)nc34)CC2)cc1. The van der Waals surface area contributed by atoms with Crippen LogP contribution in [0.5, 0.6) is 5.75 Å². The Bertz CT molecular complexity index is 1620. The number of aromatic nitrogens is 2. The first kappa shape index (κ1) is 30.0. The van der Waals surface area contributed by atoms with Crippen LogP contribution in [0.2, 0.25) is 0 Å². The number of nitrogens with zero attached hydrogens (tertiary/aromatic N) is 5. The number of rotatable bonds is 7. The predicted octanol–water partition coefficient (Wildman–Crippen LogP) is 6.29. The number of hydrogen-bond donors (Lipinski definition) is 2. The predicted molar refractivity (Wildman–Crippen MR) is 182 cm³/mol. The number of fused-ring (bicyclic) bond motifs is 1. The monoisotopic (exact) mass is 611 g/mol. The lowest BCUT2D eigenvalue weighted by Gasteiger charge is -2.36. The van der Waals surface area contributed by atoms with Gasteiger partial charge in [0.2, 0.25) is 0 Å². The van der Waals surface area contributed by atoms with E-state index in [-0.39, 0.29) is 11.4 Å². The number of thioether (sulfide) groups is 1. The summed E-state index contributed by atoms with van der Waals surface area (Å²) in [5, 5.41) is 3.70. The number of benzene rings is 3. The van der Waals surface area contributed by atoms with Crippen LogP contribution in [-0.4, -0.2) is 89.6 Å². The van der Waals surface area contributed by atoms with E-state index in [4.69, 9.17) is 9.72 Å². The molecule has 4 aromatic rings. The molecule has 0 atom stereocenters. The largest absolute Gasteiger partial charge is 0.492 e. The molecule has 0 spiro atoms. The van der Waals surface area contributed by atoms with E-state index in [1.807, 2.05) is 30.5 Å². The van der Waals surface area contributed by atoms with Crippen molar-refractivity contribution in [1.29, 1.82) is 0 Å². The van der Waals surface area contributed by atoms with Gasteiger partial charge in [-0.1, -0.05) is 62.9 Å². The molecule has 3 aromatic carbocycles. The number of hydrogen-bond acceptors (Lipinski definition) is 7. The standard InChI is InChI=1S/C34H41N7O2S/c1-34(2,3)25-10-8-24(9-11-25)31-37-28-6-5-7-29(30(28)38-31)40-20-18-39(19-21-40)22-23-43-27-14-12-26(13-15-27)36-32(42)41-17-16-35-33(41)44-4/h5-15H,16-23H2,1-4H3,(H,36,42)(H,37,38). The first-order valence-corrected chi connectivity index (χ1v) is 16.5. The summed E-state index contributed by atoms with van der Waals surface area (Å²) in [7, 11) is 0. The minimum Gasteiger partial charge on any atom is -0.492 e. The number of carbonyl (C=O) groups is 1. The topological polar surface area (TPSA) is 89.1 Å². The zero-order valence-electron chi connectivity index (χ0n) is 26.0. The van der Waals surface area contributed by atoms with Gasteiger partial charge in [0.25, 0.3) is 0 Å². The summed E-state index contributed by atoms with van der Waals surface area (Å²) < 4.78 is 6.03. The van der Waals surface area contributed by atoms with Crippen LogP contribution in [0, 0.1) is 0 Å². The van der Waals surface area contributed by atoms with Gasteiger partial charge < -0.3 is 19.9 Å². The molecule has 0 saturated carbocycles. The Hall–Kier alpha value is -4.02. The quantitative estimate of drug-likeness (QED) is 0.255. The summed E-state index contributed by atoms with van der Waals surface area (Å²) in [5.74, 6) is 1.70. The molecule has 1 aromatic heterocycles. The first-order valence-electron chi connectivity index (χ1n) is 15.3. The van der Waals surface area contributed by atoms with Gasteiger partial charge in [-0.05, 0) is 53.6 Å². The molecule has 10 heteroatoms. The fraction of sp³-hybridized carbons (Fsp3) is 0.382. The summed E-state index contributed by atoms with van der Waals surface area (Å²) in [6.07, 6.45) is 1.93. The van der Waals surface area contributed by atoms with Crippen molar-refractivity contribution in [3.63, 3.8) is 0 Å². The summed E-state index contributed by atoms with van der Waals surface area (Å²) in [6, 6.07) is 22.5. The molecule has 230 valence electrons. The van der Waals surface area contributed by atoms with Gasteiger partial charge in [0.1, 0.15) is 23.7 Å². The molecule has 0 unspecified atom stereocenters. The van der Waals surface area contributed by atoms with Crippen LogP contribution in [0.4, 0.5) is 16.2 Å². The van der Waals surface area contributed by atoms with Crippen molar-refractivity contribution in [3.05, 3.63) is 72.3 Å². The molecule has 1 fully saturated rings. The molecule has 3 heterocycles. The third kappa shape index (κ3) is 6.71. The summed E-state index contributed by atoms with van der Waals surface area (Å²) in [4.78, 5) is 32.1. The lowest BCUT2D eigenvalue weighted by atomic mass is 9.87. The Morgan fingerprint density at radius 2 is 1.73 bits per heavy atom. The number of aliphatic imine (C=N–C) groups is 1. The highest BCUT2D eigenvalue weighted by molar-refractivity contribution is 8.13. The number of para-hydroxylation sites is 1. The number of urea groups is 1. The fourth-order valence-corrected chi connectivity index (χ4v) is 6.27. The highest BCUT2D eigenvalue weighted by Crippen LogP contribution is 2.30. The van der Waals surface area contributed by atoms with Gasteiger partial charge >= 0.3 is 6.03 Å². The number of ether oxygens (including phenoxy) is 1. The molecular formula is C34H41N7O2S. The number of aromatic amines is 1. The van der Waals surface area contributed by atoms with Gasteiger partial charge in [-0.3, -0.25) is 14.8 Å². The van der Waals surface area contributed by atoms with E-state index in [0.717, 1.165) is 71.7 Å². The Balaban J connectivity index is 0.989. The summed E-state index contributed by atoms with van der Waals surface area (Å²) in [6.45, 7) is 13.3. The highest BCUT2D eigenvalue weighted by atomic mass is 32.2. The second-order valence-electron chi connectivity index (χ2n) is 12.2. The number of piperazine rings is 1. The molecule has 2 amide bonds. The average Bonchev–Trinajstić information content (AvgIpc) is 3.70. The number of amides is 2. The Morgan fingerprint density at radius 3 is 2.43 bits per heavy atom. The Morgan fingerprint density at radius 1 is 0.977 bits per heavy atom. The minimum absolute atomic E-state index is 0.127. The number of imidazole rings is 1. The van der Waals surface area contributed by atoms with E-state index in [1.54, 1.807) is 4.90 Å². The zero-order valence-corrected chi connectivity index (χ0v) is 26.8. The van der Waals surface area contributed by atoms with E-state index in [9.17, 15) is 4.79 Å². The lowest BCUT2D eigenvalue weighted by molar-refractivity contribution is 0.200. The van der Waals surface area contributed by atoms with E-state index in [2.05, 4.69) is 88.3 Å². The molecule has 0 bridgehead atoms. The van der Waals surface area contributed by atoms with Crippen molar-refractivity contribution in [2.45, 2.75) is 26.2 Å². The van der Waals surface area contributed by atoms with Gasteiger partial charge in [-0.2, -0.15) is 0 Å². The molecule has 6 rings (SSSR count). The lowest BCUT2D eigenvalue weighted by Crippen LogP contribution is -2.47. The maximum absolute atomic E-state index is 12.6. The van der Waals surface area contributed by atoms with Crippen molar-refractivity contribution < 1.29 is 9.53 Å². The number of H-pyrrole nitrogens is 1. The maximum atomic E-state index is 12.6. The van der Waals surface area contributed by atoms with Gasteiger partial charge in [0.15, 0.2) is 5.17 Å². The molecule has 9 nitrogen and oxygen atoms in total. The minimum atomic E-state index is -0.154. The Labute approximate surface area is 263 Å². The zero-order chi connectivity index (χ0) is 30.7. The first-order chi connectivity index (χ1) is 21.3. The molecule has 0 radical (unpaired) electrons.